The lowest BCUT2D eigenvalue weighted by molar-refractivity contribution is -0.131. The zero-order valence-electron chi connectivity index (χ0n) is 10.2. The fourth-order valence-electron chi connectivity index (χ4n) is 3.04. The van der Waals surface area contributed by atoms with Gasteiger partial charge in [-0.15, -0.1) is 0 Å². The lowest BCUT2D eigenvalue weighted by atomic mass is 9.76. The van der Waals surface area contributed by atoms with E-state index >= 15 is 0 Å². The Morgan fingerprint density at radius 3 is 2.94 bits per heavy atom. The molecule has 1 aromatic heterocycles. The van der Waals surface area contributed by atoms with Crippen LogP contribution >= 0.6 is 0 Å². The third-order valence-corrected chi connectivity index (χ3v) is 4.22. The Kier molecular flexibility index (Phi) is 2.73. The molecule has 1 atom stereocenters. The van der Waals surface area contributed by atoms with Gasteiger partial charge in [-0.1, -0.05) is 0 Å². The molecule has 1 unspecified atom stereocenters. The van der Waals surface area contributed by atoms with Crippen molar-refractivity contribution >= 4 is 5.69 Å². The van der Waals surface area contributed by atoms with Gasteiger partial charge in [0.2, 0.25) is 0 Å². The van der Waals surface area contributed by atoms with E-state index in [-0.39, 0.29) is 6.42 Å². The molecule has 0 amide bonds. The highest BCUT2D eigenvalue weighted by molar-refractivity contribution is 5.45. The molecule has 0 aliphatic carbocycles. The first-order chi connectivity index (χ1) is 8.63. The Morgan fingerprint density at radius 2 is 2.22 bits per heavy atom. The number of hydrogen-bond acceptors (Lipinski definition) is 3. The standard InChI is InChI=1S/C13H17F2N3/c14-13(15)3-6-17-9-12(13)4-7-18(10-12)11-2-1-5-16-8-11/h1-2,5,8,17H,3-4,6-7,9-10H2. The maximum Gasteiger partial charge on any atom is 0.257 e. The van der Waals surface area contributed by atoms with E-state index in [0.29, 0.717) is 32.6 Å². The summed E-state index contributed by atoms with van der Waals surface area (Å²) in [6, 6.07) is 3.78. The number of aromatic nitrogens is 1. The molecule has 3 heterocycles. The lowest BCUT2D eigenvalue weighted by Crippen LogP contribution is -2.55. The van der Waals surface area contributed by atoms with Gasteiger partial charge in [-0.2, -0.15) is 0 Å². The van der Waals surface area contributed by atoms with E-state index in [1.54, 1.807) is 12.4 Å². The largest absolute Gasteiger partial charge is 0.369 e. The number of nitrogens with zero attached hydrogens (tertiary/aromatic N) is 2. The molecule has 3 rings (SSSR count). The highest BCUT2D eigenvalue weighted by Crippen LogP contribution is 2.48. The zero-order valence-corrected chi connectivity index (χ0v) is 10.2. The number of alkyl halides is 2. The number of halogens is 2. The predicted molar refractivity (Wildman–Crippen MR) is 65.9 cm³/mol. The second-order valence-corrected chi connectivity index (χ2v) is 5.29. The number of pyridine rings is 1. The molecule has 5 heteroatoms. The predicted octanol–water partition coefficient (Wildman–Crippen LogP) is 1.91. The van der Waals surface area contributed by atoms with Crippen LogP contribution in [0.3, 0.4) is 0 Å². The molecule has 0 saturated carbocycles. The smallest absolute Gasteiger partial charge is 0.257 e. The molecule has 0 radical (unpaired) electrons. The molecule has 98 valence electrons. The molecule has 2 fully saturated rings. The van der Waals surface area contributed by atoms with Crippen molar-refractivity contribution in [1.29, 1.82) is 0 Å². The molecule has 1 N–H and O–H groups in total. The summed E-state index contributed by atoms with van der Waals surface area (Å²) < 4.78 is 28.3. The zero-order chi connectivity index (χ0) is 12.6. The van der Waals surface area contributed by atoms with E-state index in [0.717, 1.165) is 5.69 Å². The van der Waals surface area contributed by atoms with Gasteiger partial charge in [0.1, 0.15) is 0 Å². The highest BCUT2D eigenvalue weighted by Gasteiger charge is 2.57. The van der Waals surface area contributed by atoms with Crippen LogP contribution < -0.4 is 10.2 Å². The molecule has 0 bridgehead atoms. The van der Waals surface area contributed by atoms with E-state index in [1.165, 1.54) is 0 Å². The number of rotatable bonds is 1. The Morgan fingerprint density at radius 1 is 1.33 bits per heavy atom. The van der Waals surface area contributed by atoms with Crippen molar-refractivity contribution in [2.75, 3.05) is 31.1 Å². The number of nitrogens with one attached hydrogen (secondary N) is 1. The first-order valence-corrected chi connectivity index (χ1v) is 6.37. The lowest BCUT2D eigenvalue weighted by Gasteiger charge is -2.41. The van der Waals surface area contributed by atoms with Crippen LogP contribution in [0.1, 0.15) is 12.8 Å². The monoisotopic (exact) mass is 253 g/mol. The van der Waals surface area contributed by atoms with Gasteiger partial charge in [0.25, 0.3) is 5.92 Å². The molecule has 3 nitrogen and oxygen atoms in total. The molecule has 2 aliphatic rings. The van der Waals surface area contributed by atoms with Crippen LogP contribution in [0.15, 0.2) is 24.5 Å². The summed E-state index contributed by atoms with van der Waals surface area (Å²) in [5, 5.41) is 3.12. The Hall–Kier alpha value is -1.23. The average Bonchev–Trinajstić information content (AvgIpc) is 2.81. The summed E-state index contributed by atoms with van der Waals surface area (Å²) in [5.74, 6) is -2.56. The van der Waals surface area contributed by atoms with Gasteiger partial charge in [0, 0.05) is 38.8 Å². The van der Waals surface area contributed by atoms with Crippen molar-refractivity contribution < 1.29 is 8.78 Å². The minimum atomic E-state index is -2.56. The third kappa shape index (κ3) is 1.77. The van der Waals surface area contributed by atoms with Crippen LogP contribution in [0, 0.1) is 5.41 Å². The van der Waals surface area contributed by atoms with Crippen LogP contribution in [0.2, 0.25) is 0 Å². The van der Waals surface area contributed by atoms with Gasteiger partial charge in [-0.05, 0) is 18.6 Å². The van der Waals surface area contributed by atoms with E-state index in [9.17, 15) is 8.78 Å². The summed E-state index contributed by atoms with van der Waals surface area (Å²) in [4.78, 5) is 6.08. The Balaban J connectivity index is 1.82. The molecule has 2 aliphatic heterocycles. The van der Waals surface area contributed by atoms with Crippen LogP contribution in [0.5, 0.6) is 0 Å². The van der Waals surface area contributed by atoms with Crippen molar-refractivity contribution in [3.63, 3.8) is 0 Å². The van der Waals surface area contributed by atoms with Crippen molar-refractivity contribution in [3.8, 4) is 0 Å². The van der Waals surface area contributed by atoms with Gasteiger partial charge in [-0.3, -0.25) is 4.98 Å². The molecular weight excluding hydrogens is 236 g/mol. The Labute approximate surface area is 105 Å². The second-order valence-electron chi connectivity index (χ2n) is 5.29. The van der Waals surface area contributed by atoms with Crippen LogP contribution in [0.4, 0.5) is 14.5 Å². The maximum atomic E-state index is 14.2. The molecule has 1 aromatic rings. The van der Waals surface area contributed by atoms with E-state index < -0.39 is 11.3 Å². The summed E-state index contributed by atoms with van der Waals surface area (Å²) in [5.41, 5.74) is 0.0388. The Bertz CT molecular complexity index is 424. The van der Waals surface area contributed by atoms with Gasteiger partial charge < -0.3 is 10.2 Å². The molecule has 18 heavy (non-hydrogen) atoms. The molecule has 2 saturated heterocycles. The third-order valence-electron chi connectivity index (χ3n) is 4.22. The van der Waals surface area contributed by atoms with Gasteiger partial charge >= 0.3 is 0 Å². The normalized spacial score (nSPS) is 30.9. The summed E-state index contributed by atoms with van der Waals surface area (Å²) in [6.07, 6.45) is 3.94. The summed E-state index contributed by atoms with van der Waals surface area (Å²) in [7, 11) is 0. The second kappa shape index (κ2) is 4.16. The SMILES string of the molecule is FC1(F)CCNCC12CCN(c1cccnc1)C2. The van der Waals surface area contributed by atoms with Gasteiger partial charge in [0.05, 0.1) is 17.3 Å². The van der Waals surface area contributed by atoms with Gasteiger partial charge in [-0.25, -0.2) is 8.78 Å². The summed E-state index contributed by atoms with van der Waals surface area (Å²) in [6.45, 7) is 1.93. The summed E-state index contributed by atoms with van der Waals surface area (Å²) >= 11 is 0. The van der Waals surface area contributed by atoms with E-state index in [2.05, 4.69) is 10.3 Å². The fourth-order valence-corrected chi connectivity index (χ4v) is 3.04. The maximum absolute atomic E-state index is 14.2. The quantitative estimate of drug-likeness (QED) is 0.828. The van der Waals surface area contributed by atoms with E-state index in [4.69, 9.17) is 0 Å². The minimum absolute atomic E-state index is 0.0477. The first kappa shape index (κ1) is 11.8. The van der Waals surface area contributed by atoms with Crippen molar-refractivity contribution in [3.05, 3.63) is 24.5 Å². The topological polar surface area (TPSA) is 28.2 Å². The molecular formula is C13H17F2N3. The van der Waals surface area contributed by atoms with Crippen LogP contribution in [-0.2, 0) is 0 Å². The van der Waals surface area contributed by atoms with Crippen molar-refractivity contribution in [2.24, 2.45) is 5.41 Å². The van der Waals surface area contributed by atoms with Crippen molar-refractivity contribution in [2.45, 2.75) is 18.8 Å². The number of anilines is 1. The van der Waals surface area contributed by atoms with Crippen molar-refractivity contribution in [1.82, 2.24) is 10.3 Å². The average molecular weight is 253 g/mol. The first-order valence-electron chi connectivity index (χ1n) is 6.37. The van der Waals surface area contributed by atoms with E-state index in [1.807, 2.05) is 17.0 Å². The molecule has 1 spiro atoms. The van der Waals surface area contributed by atoms with Gasteiger partial charge in [0.15, 0.2) is 0 Å². The highest BCUT2D eigenvalue weighted by atomic mass is 19.3. The number of piperidine rings is 1. The van der Waals surface area contributed by atoms with Crippen LogP contribution in [-0.4, -0.2) is 37.1 Å². The molecule has 0 aromatic carbocycles. The van der Waals surface area contributed by atoms with Crippen LogP contribution in [0.25, 0.3) is 0 Å². The fraction of sp³-hybridized carbons (Fsp3) is 0.615. The minimum Gasteiger partial charge on any atom is -0.369 e. The number of hydrogen-bond donors (Lipinski definition) is 1.